The third-order valence-electron chi connectivity index (χ3n) is 4.34. The maximum Gasteiger partial charge on any atom is 0.134 e. The summed E-state index contributed by atoms with van der Waals surface area (Å²) in [6, 6.07) is 0. The molecule has 1 spiro atoms. The lowest BCUT2D eigenvalue weighted by atomic mass is 9.53. The van der Waals surface area contributed by atoms with Crippen LogP contribution in [0.3, 0.4) is 0 Å². The van der Waals surface area contributed by atoms with Gasteiger partial charge >= 0.3 is 0 Å². The van der Waals surface area contributed by atoms with E-state index in [0.29, 0.717) is 32.1 Å². The molecule has 100 valence electrons. The minimum absolute atomic E-state index is 0.0449. The van der Waals surface area contributed by atoms with Crippen molar-refractivity contribution >= 4 is 17.9 Å². The van der Waals surface area contributed by atoms with Crippen LogP contribution in [0.2, 0.25) is 0 Å². The zero-order valence-electron chi connectivity index (χ0n) is 11.5. The molecular weight excluding hydrogens is 228 g/mol. The van der Waals surface area contributed by atoms with E-state index in [1.165, 1.54) is 0 Å². The predicted molar refractivity (Wildman–Crippen MR) is 68.1 cm³/mol. The fourth-order valence-electron chi connectivity index (χ4n) is 4.40. The van der Waals surface area contributed by atoms with Gasteiger partial charge in [-0.3, -0.25) is 9.59 Å². The summed E-state index contributed by atoms with van der Waals surface area (Å²) in [5.74, 6) is 0.385. The van der Waals surface area contributed by atoms with Crippen LogP contribution in [-0.4, -0.2) is 17.9 Å². The van der Waals surface area contributed by atoms with Gasteiger partial charge in [0.2, 0.25) is 0 Å². The lowest BCUT2D eigenvalue weighted by Gasteiger charge is -2.49. The third-order valence-corrected chi connectivity index (χ3v) is 4.34. The minimum atomic E-state index is -0.566. The van der Waals surface area contributed by atoms with Crippen molar-refractivity contribution < 1.29 is 14.4 Å². The Kier molecular flexibility index (Phi) is 2.99. The van der Waals surface area contributed by atoms with Gasteiger partial charge in [-0.05, 0) is 23.7 Å². The fraction of sp³-hybridized carbons (Fsp3) is 0.800. The van der Waals surface area contributed by atoms with Gasteiger partial charge in [0.1, 0.15) is 17.9 Å². The average molecular weight is 250 g/mol. The standard InChI is InChI=1S/C15H22O3/c1-13(2)4-11(17)6-15(8-13)7-12(18)5-14(3,9-15)10-16/h10H,4-9H2,1-3H3. The maximum atomic E-state index is 12.0. The molecule has 0 radical (unpaired) electrons. The van der Waals surface area contributed by atoms with Gasteiger partial charge in [-0.15, -0.1) is 0 Å². The topological polar surface area (TPSA) is 51.2 Å². The Morgan fingerprint density at radius 3 is 1.94 bits per heavy atom. The van der Waals surface area contributed by atoms with Crippen LogP contribution in [-0.2, 0) is 14.4 Å². The fourth-order valence-corrected chi connectivity index (χ4v) is 4.40. The van der Waals surface area contributed by atoms with E-state index in [2.05, 4.69) is 13.8 Å². The zero-order chi connectivity index (χ0) is 13.6. The number of carbonyl (C=O) groups excluding carboxylic acids is 3. The second-order valence-electron chi connectivity index (χ2n) is 7.57. The Morgan fingerprint density at radius 2 is 1.44 bits per heavy atom. The molecule has 2 rings (SSSR count). The largest absolute Gasteiger partial charge is 0.303 e. The molecule has 18 heavy (non-hydrogen) atoms. The molecule has 0 bridgehead atoms. The van der Waals surface area contributed by atoms with Crippen molar-refractivity contribution in [3.63, 3.8) is 0 Å². The number of hydrogen-bond acceptors (Lipinski definition) is 3. The van der Waals surface area contributed by atoms with E-state index in [1.807, 2.05) is 6.92 Å². The van der Waals surface area contributed by atoms with Gasteiger partial charge in [-0.25, -0.2) is 0 Å². The van der Waals surface area contributed by atoms with E-state index in [-0.39, 0.29) is 22.4 Å². The molecule has 3 nitrogen and oxygen atoms in total. The molecule has 0 amide bonds. The van der Waals surface area contributed by atoms with Crippen LogP contribution in [0.1, 0.15) is 59.3 Å². The summed E-state index contributed by atoms with van der Waals surface area (Å²) in [7, 11) is 0. The molecule has 0 aromatic heterocycles. The molecule has 0 N–H and O–H groups in total. The van der Waals surface area contributed by atoms with Gasteiger partial charge < -0.3 is 4.79 Å². The Balaban J connectivity index is 2.32. The van der Waals surface area contributed by atoms with Crippen LogP contribution in [0.5, 0.6) is 0 Å². The summed E-state index contributed by atoms with van der Waals surface area (Å²) >= 11 is 0. The molecule has 2 fully saturated rings. The van der Waals surface area contributed by atoms with Crippen molar-refractivity contribution in [3.8, 4) is 0 Å². The number of Topliss-reactive ketones (excluding diaryl/α,β-unsaturated/α-hetero) is 2. The van der Waals surface area contributed by atoms with Crippen molar-refractivity contribution in [2.24, 2.45) is 16.2 Å². The molecule has 2 saturated carbocycles. The van der Waals surface area contributed by atoms with Crippen molar-refractivity contribution in [1.82, 2.24) is 0 Å². The first kappa shape index (κ1) is 13.4. The Hall–Kier alpha value is -0.990. The van der Waals surface area contributed by atoms with Gasteiger partial charge in [0.25, 0.3) is 0 Å². The summed E-state index contributed by atoms with van der Waals surface area (Å²) in [5.41, 5.74) is -0.871. The Bertz CT molecular complexity index is 406. The summed E-state index contributed by atoms with van der Waals surface area (Å²) in [5, 5.41) is 0. The lowest BCUT2D eigenvalue weighted by Crippen LogP contribution is -2.46. The van der Waals surface area contributed by atoms with E-state index in [1.54, 1.807) is 0 Å². The zero-order valence-corrected chi connectivity index (χ0v) is 11.5. The van der Waals surface area contributed by atoms with Gasteiger partial charge in [0.05, 0.1) is 0 Å². The lowest BCUT2D eigenvalue weighted by molar-refractivity contribution is -0.142. The Morgan fingerprint density at radius 1 is 0.889 bits per heavy atom. The van der Waals surface area contributed by atoms with Crippen LogP contribution in [0, 0.1) is 16.2 Å². The van der Waals surface area contributed by atoms with Crippen LogP contribution in [0.4, 0.5) is 0 Å². The van der Waals surface area contributed by atoms with Gasteiger partial charge in [0, 0.05) is 31.1 Å². The summed E-state index contributed by atoms with van der Waals surface area (Å²) < 4.78 is 0. The second-order valence-corrected chi connectivity index (χ2v) is 7.57. The normalized spacial score (nSPS) is 39.9. The smallest absolute Gasteiger partial charge is 0.134 e. The number of rotatable bonds is 1. The number of aldehydes is 1. The van der Waals surface area contributed by atoms with Gasteiger partial charge in [0.15, 0.2) is 0 Å². The second kappa shape index (κ2) is 4.01. The molecule has 2 atom stereocenters. The summed E-state index contributed by atoms with van der Waals surface area (Å²) in [6.45, 7) is 6.02. The highest BCUT2D eigenvalue weighted by molar-refractivity contribution is 5.87. The van der Waals surface area contributed by atoms with Crippen LogP contribution < -0.4 is 0 Å². The van der Waals surface area contributed by atoms with Crippen LogP contribution >= 0.6 is 0 Å². The van der Waals surface area contributed by atoms with Crippen LogP contribution in [0.15, 0.2) is 0 Å². The molecule has 0 heterocycles. The summed E-state index contributed by atoms with van der Waals surface area (Å²) in [6.07, 6.45) is 4.37. The SMILES string of the molecule is CC1(C)CC(=O)CC2(CC(=O)CC(C)(C=O)C2)C1. The van der Waals surface area contributed by atoms with Crippen molar-refractivity contribution in [2.75, 3.05) is 0 Å². The van der Waals surface area contributed by atoms with Crippen molar-refractivity contribution in [3.05, 3.63) is 0 Å². The number of hydrogen-bond donors (Lipinski definition) is 0. The molecule has 0 aliphatic heterocycles. The molecular formula is C15H22O3. The first-order valence-corrected chi connectivity index (χ1v) is 6.68. The monoisotopic (exact) mass is 250 g/mol. The van der Waals surface area contributed by atoms with Gasteiger partial charge in [-0.2, -0.15) is 0 Å². The predicted octanol–water partition coefficient (Wildman–Crippen LogP) is 2.71. The summed E-state index contributed by atoms with van der Waals surface area (Å²) in [4.78, 5) is 35.2. The first-order valence-electron chi connectivity index (χ1n) is 6.68. The molecule has 0 aromatic rings. The molecule has 0 aromatic carbocycles. The quantitative estimate of drug-likeness (QED) is 0.672. The number of carbonyl (C=O) groups is 3. The number of ketones is 2. The average Bonchev–Trinajstić information content (AvgIpc) is 2.11. The minimum Gasteiger partial charge on any atom is -0.303 e. The van der Waals surface area contributed by atoms with Crippen molar-refractivity contribution in [2.45, 2.75) is 59.3 Å². The molecule has 3 heteroatoms. The molecule has 2 aliphatic rings. The molecule has 2 aliphatic carbocycles. The highest BCUT2D eigenvalue weighted by Gasteiger charge is 2.51. The maximum absolute atomic E-state index is 12.0. The van der Waals surface area contributed by atoms with Gasteiger partial charge in [-0.1, -0.05) is 20.8 Å². The highest BCUT2D eigenvalue weighted by atomic mass is 16.1. The van der Waals surface area contributed by atoms with Crippen molar-refractivity contribution in [1.29, 1.82) is 0 Å². The third kappa shape index (κ3) is 2.55. The van der Waals surface area contributed by atoms with E-state index >= 15 is 0 Å². The highest BCUT2D eigenvalue weighted by Crippen LogP contribution is 2.55. The first-order chi connectivity index (χ1) is 8.18. The molecule has 0 saturated heterocycles. The van der Waals surface area contributed by atoms with E-state index in [9.17, 15) is 14.4 Å². The van der Waals surface area contributed by atoms with E-state index in [4.69, 9.17) is 0 Å². The van der Waals surface area contributed by atoms with E-state index < -0.39 is 5.41 Å². The van der Waals surface area contributed by atoms with E-state index in [0.717, 1.165) is 12.7 Å². The van der Waals surface area contributed by atoms with Crippen LogP contribution in [0.25, 0.3) is 0 Å². The molecule has 2 unspecified atom stereocenters. The Labute approximate surface area is 108 Å².